The molecular weight excluding hydrogens is 449 g/mol. The zero-order valence-electron chi connectivity index (χ0n) is 19.0. The van der Waals surface area contributed by atoms with Gasteiger partial charge in [0.2, 0.25) is 0 Å². The van der Waals surface area contributed by atoms with Crippen LogP contribution in [-0.2, 0) is 10.9 Å². The van der Waals surface area contributed by atoms with E-state index in [9.17, 15) is 22.8 Å². The van der Waals surface area contributed by atoms with Gasteiger partial charge in [0.25, 0.3) is 5.91 Å². The number of ether oxygens (including phenoxy) is 1. The number of carbonyl (C=O) groups excluding carboxylic acids is 2. The first-order valence-electron chi connectivity index (χ1n) is 11.3. The van der Waals surface area contributed by atoms with Crippen molar-refractivity contribution in [2.24, 2.45) is 0 Å². The summed E-state index contributed by atoms with van der Waals surface area (Å²) < 4.78 is 43.4. The topological polar surface area (TPSA) is 82.7 Å². The van der Waals surface area contributed by atoms with Crippen molar-refractivity contribution in [1.29, 1.82) is 0 Å². The van der Waals surface area contributed by atoms with E-state index in [1.165, 1.54) is 12.1 Å². The molecule has 1 aliphatic heterocycles. The van der Waals surface area contributed by atoms with Gasteiger partial charge in [0.15, 0.2) is 0 Å². The molecule has 3 N–H and O–H groups in total. The lowest BCUT2D eigenvalue weighted by molar-refractivity contribution is -0.137. The molecule has 0 aromatic heterocycles. The molecular formula is C24H29F3N4O3. The minimum absolute atomic E-state index is 0.214. The van der Waals surface area contributed by atoms with E-state index in [0.29, 0.717) is 37.4 Å². The average Bonchev–Trinajstić information content (AvgIpc) is 3.33. The first-order valence-corrected chi connectivity index (χ1v) is 11.3. The van der Waals surface area contributed by atoms with E-state index >= 15 is 0 Å². The number of carbonyl (C=O) groups is 2. The van der Waals surface area contributed by atoms with Crippen molar-refractivity contribution in [2.45, 2.75) is 32.4 Å². The SMILES string of the molecule is CCOCCCNC(=O)c1cc(NC(=O)Nc2ccc(C(F)(F)F)cc2)ccc1N1CCCC1. The van der Waals surface area contributed by atoms with Gasteiger partial charge in [0.05, 0.1) is 11.1 Å². The van der Waals surface area contributed by atoms with Gasteiger partial charge in [-0.05, 0) is 68.7 Å². The summed E-state index contributed by atoms with van der Waals surface area (Å²) in [5.41, 5.74) is 1.06. The van der Waals surface area contributed by atoms with Gasteiger partial charge in [0, 0.05) is 49.9 Å². The van der Waals surface area contributed by atoms with Crippen molar-refractivity contribution in [1.82, 2.24) is 5.32 Å². The molecule has 10 heteroatoms. The molecule has 0 bridgehead atoms. The number of alkyl halides is 3. The maximum absolute atomic E-state index is 12.9. The average molecular weight is 479 g/mol. The second-order valence-electron chi connectivity index (χ2n) is 7.89. The van der Waals surface area contributed by atoms with E-state index in [1.54, 1.807) is 18.2 Å². The molecule has 0 unspecified atom stereocenters. The minimum atomic E-state index is -4.45. The largest absolute Gasteiger partial charge is 0.416 e. The van der Waals surface area contributed by atoms with Crippen molar-refractivity contribution in [3.05, 3.63) is 53.6 Å². The number of urea groups is 1. The van der Waals surface area contributed by atoms with E-state index < -0.39 is 17.8 Å². The van der Waals surface area contributed by atoms with Crippen LogP contribution in [0.2, 0.25) is 0 Å². The number of amides is 3. The zero-order valence-corrected chi connectivity index (χ0v) is 19.0. The van der Waals surface area contributed by atoms with E-state index in [1.807, 2.05) is 6.92 Å². The first kappa shape index (κ1) is 25.4. The molecule has 0 spiro atoms. The van der Waals surface area contributed by atoms with Crippen LogP contribution in [0.3, 0.4) is 0 Å². The van der Waals surface area contributed by atoms with E-state index in [-0.39, 0.29) is 11.6 Å². The molecule has 1 aliphatic rings. The van der Waals surface area contributed by atoms with Crippen molar-refractivity contribution in [2.75, 3.05) is 48.4 Å². The van der Waals surface area contributed by atoms with Crippen LogP contribution in [0.4, 0.5) is 35.0 Å². The molecule has 0 saturated carbocycles. The molecule has 2 aromatic carbocycles. The molecule has 3 rings (SSSR count). The lowest BCUT2D eigenvalue weighted by atomic mass is 10.1. The molecule has 1 fully saturated rings. The second kappa shape index (κ2) is 11.7. The van der Waals surface area contributed by atoms with Gasteiger partial charge < -0.3 is 25.6 Å². The van der Waals surface area contributed by atoms with Crippen molar-refractivity contribution < 1.29 is 27.5 Å². The Morgan fingerprint density at radius 2 is 1.65 bits per heavy atom. The fraction of sp³-hybridized carbons (Fsp3) is 0.417. The summed E-state index contributed by atoms with van der Waals surface area (Å²) in [6.45, 7) is 5.26. The van der Waals surface area contributed by atoms with Gasteiger partial charge >= 0.3 is 12.2 Å². The van der Waals surface area contributed by atoms with Gasteiger partial charge in [-0.2, -0.15) is 13.2 Å². The Morgan fingerprint density at radius 1 is 1.00 bits per heavy atom. The first-order chi connectivity index (χ1) is 16.3. The van der Waals surface area contributed by atoms with E-state index in [2.05, 4.69) is 20.9 Å². The molecule has 3 amide bonds. The molecule has 1 heterocycles. The zero-order chi connectivity index (χ0) is 24.6. The summed E-state index contributed by atoms with van der Waals surface area (Å²) in [6.07, 6.45) is -1.67. The maximum atomic E-state index is 12.9. The van der Waals surface area contributed by atoms with Gasteiger partial charge in [0.1, 0.15) is 0 Å². The molecule has 2 aromatic rings. The number of halogens is 3. The van der Waals surface area contributed by atoms with Crippen molar-refractivity contribution in [3.8, 4) is 0 Å². The highest BCUT2D eigenvalue weighted by Crippen LogP contribution is 2.30. The Kier molecular flexibility index (Phi) is 8.75. The fourth-order valence-electron chi connectivity index (χ4n) is 3.68. The smallest absolute Gasteiger partial charge is 0.382 e. The number of hydrogen-bond donors (Lipinski definition) is 3. The highest BCUT2D eigenvalue weighted by Gasteiger charge is 2.30. The number of hydrogen-bond acceptors (Lipinski definition) is 4. The normalized spacial score (nSPS) is 13.6. The van der Waals surface area contributed by atoms with Crippen LogP contribution in [-0.4, -0.2) is 44.8 Å². The fourth-order valence-corrected chi connectivity index (χ4v) is 3.68. The highest BCUT2D eigenvalue weighted by atomic mass is 19.4. The number of nitrogens with one attached hydrogen (secondary N) is 3. The second-order valence-corrected chi connectivity index (χ2v) is 7.89. The molecule has 7 nitrogen and oxygen atoms in total. The summed E-state index contributed by atoms with van der Waals surface area (Å²) in [7, 11) is 0. The quantitative estimate of drug-likeness (QED) is 0.438. The standard InChI is InChI=1S/C24H29F3N4O3/c1-2-34-15-5-12-28-22(32)20-16-19(10-11-21(20)31-13-3-4-14-31)30-23(33)29-18-8-6-17(7-9-18)24(25,26)27/h6-11,16H,2-5,12-15H2,1H3,(H,28,32)(H2,29,30,33). The molecule has 0 atom stereocenters. The highest BCUT2D eigenvalue weighted by molar-refractivity contribution is 6.04. The third kappa shape index (κ3) is 7.11. The van der Waals surface area contributed by atoms with Crippen LogP contribution in [0.15, 0.2) is 42.5 Å². The summed E-state index contributed by atoms with van der Waals surface area (Å²) in [6, 6.07) is 8.64. The van der Waals surface area contributed by atoms with Crippen molar-refractivity contribution >= 4 is 29.0 Å². The van der Waals surface area contributed by atoms with Gasteiger partial charge in [-0.15, -0.1) is 0 Å². The third-order valence-electron chi connectivity index (χ3n) is 5.37. The molecule has 0 aliphatic carbocycles. The van der Waals surface area contributed by atoms with Crippen molar-refractivity contribution in [3.63, 3.8) is 0 Å². The summed E-state index contributed by atoms with van der Waals surface area (Å²) in [4.78, 5) is 27.4. The number of nitrogens with zero attached hydrogens (tertiary/aromatic N) is 1. The van der Waals surface area contributed by atoms with Gasteiger partial charge in [-0.25, -0.2) is 4.79 Å². The van der Waals surface area contributed by atoms with Gasteiger partial charge in [-0.3, -0.25) is 4.79 Å². The van der Waals surface area contributed by atoms with E-state index in [4.69, 9.17) is 4.74 Å². The van der Waals surface area contributed by atoms with E-state index in [0.717, 1.165) is 43.8 Å². The van der Waals surface area contributed by atoms with Crippen LogP contribution in [0, 0.1) is 0 Å². The predicted molar refractivity (Wildman–Crippen MR) is 125 cm³/mol. The lowest BCUT2D eigenvalue weighted by Gasteiger charge is -2.22. The lowest BCUT2D eigenvalue weighted by Crippen LogP contribution is -2.29. The molecule has 1 saturated heterocycles. The maximum Gasteiger partial charge on any atom is 0.416 e. The predicted octanol–water partition coefficient (Wildman–Crippen LogP) is 5.11. The summed E-state index contributed by atoms with van der Waals surface area (Å²) in [5.74, 6) is -0.245. The Labute approximate surface area is 196 Å². The van der Waals surface area contributed by atoms with Crippen LogP contribution in [0.5, 0.6) is 0 Å². The Hall–Kier alpha value is -3.27. The summed E-state index contributed by atoms with van der Waals surface area (Å²) >= 11 is 0. The third-order valence-corrected chi connectivity index (χ3v) is 5.37. The van der Waals surface area contributed by atoms with Crippen LogP contribution in [0.1, 0.15) is 42.1 Å². The number of anilines is 3. The molecule has 34 heavy (non-hydrogen) atoms. The monoisotopic (exact) mass is 478 g/mol. The van der Waals surface area contributed by atoms with Crippen LogP contribution < -0.4 is 20.9 Å². The minimum Gasteiger partial charge on any atom is -0.382 e. The van der Waals surface area contributed by atoms with Crippen LogP contribution >= 0.6 is 0 Å². The van der Waals surface area contributed by atoms with Gasteiger partial charge in [-0.1, -0.05) is 0 Å². The molecule has 184 valence electrons. The number of benzene rings is 2. The number of rotatable bonds is 9. The Balaban J connectivity index is 1.68. The van der Waals surface area contributed by atoms with Crippen LogP contribution in [0.25, 0.3) is 0 Å². The summed E-state index contributed by atoms with van der Waals surface area (Å²) in [5, 5.41) is 8.03. The molecule has 0 radical (unpaired) electrons. The Morgan fingerprint density at radius 3 is 2.29 bits per heavy atom. The Bertz CT molecular complexity index is 974.